The molecule has 0 heterocycles. The van der Waals surface area contributed by atoms with E-state index in [2.05, 4.69) is 18.1 Å². The maximum Gasteiger partial charge on any atom is 0.560 e. The van der Waals surface area contributed by atoms with Crippen molar-refractivity contribution in [2.45, 2.75) is 0 Å². The minimum absolute atomic E-state index is 1.15. The summed E-state index contributed by atoms with van der Waals surface area (Å²) in [5, 5.41) is 0. The highest BCUT2D eigenvalue weighted by Gasteiger charge is 2.63. The van der Waals surface area contributed by atoms with Crippen molar-refractivity contribution in [3.63, 3.8) is 0 Å². The molecule has 0 bridgehead atoms. The third-order valence-corrected chi connectivity index (χ3v) is 7.56. The van der Waals surface area contributed by atoms with Crippen LogP contribution in [0.2, 0.25) is 0 Å². The summed E-state index contributed by atoms with van der Waals surface area (Å²) in [6.07, 6.45) is 0. The minimum atomic E-state index is -3.68. The average molecular weight is 219 g/mol. The molecule has 0 amide bonds. The number of hydrogen-bond donors (Lipinski definition) is 1. The van der Waals surface area contributed by atoms with Crippen LogP contribution in [0.5, 0.6) is 0 Å². The van der Waals surface area contributed by atoms with Gasteiger partial charge in [0.1, 0.15) is 0 Å². The fraction of sp³-hybridized carbons (Fsp3) is 1.00. The normalized spacial score (nSPS) is 13.4. The van der Waals surface area contributed by atoms with Crippen molar-refractivity contribution in [3.05, 3.63) is 0 Å². The van der Waals surface area contributed by atoms with Crippen molar-refractivity contribution in [2.75, 3.05) is 28.4 Å². The predicted molar refractivity (Wildman–Crippen MR) is 44.8 cm³/mol. The Morgan fingerprint density at radius 1 is 1.08 bits per heavy atom. The van der Waals surface area contributed by atoms with Crippen LogP contribution in [-0.2, 0) is 22.7 Å². The Morgan fingerprint density at radius 2 is 1.42 bits per heavy atom. The molecule has 0 aromatic heterocycles. The maximum absolute atomic E-state index is 11.5. The molecule has 74 valence electrons. The summed E-state index contributed by atoms with van der Waals surface area (Å²) < 4.78 is 29.7. The molecule has 8 heteroatoms. The van der Waals surface area contributed by atoms with E-state index in [1.54, 1.807) is 0 Å². The van der Waals surface area contributed by atoms with E-state index in [0.29, 0.717) is 0 Å². The molecule has 12 heavy (non-hydrogen) atoms. The molecule has 6 nitrogen and oxygen atoms in total. The zero-order chi connectivity index (χ0) is 9.83. The summed E-state index contributed by atoms with van der Waals surface area (Å²) in [5.74, 6) is 0. The first-order valence-electron chi connectivity index (χ1n) is 2.95. The van der Waals surface area contributed by atoms with Gasteiger partial charge in [-0.05, 0) is 0 Å². The third-order valence-electron chi connectivity index (χ3n) is 1.25. The van der Waals surface area contributed by atoms with Crippen LogP contribution in [0, 0.1) is 0 Å². The summed E-state index contributed by atoms with van der Waals surface area (Å²) in [7, 11) is -2.59. The van der Waals surface area contributed by atoms with Crippen molar-refractivity contribution >= 4 is 14.9 Å². The summed E-state index contributed by atoms with van der Waals surface area (Å²) in [6, 6.07) is 0. The van der Waals surface area contributed by atoms with E-state index in [1.807, 2.05) is 0 Å². The van der Waals surface area contributed by atoms with Gasteiger partial charge in [0.25, 0.3) is 0 Å². The molecular formula is C4H13O6P2+. The second kappa shape index (κ2) is 4.63. The van der Waals surface area contributed by atoms with Crippen LogP contribution < -0.4 is 0 Å². The molecule has 0 rings (SSSR count). The van der Waals surface area contributed by atoms with Crippen LogP contribution in [0.15, 0.2) is 0 Å². The van der Waals surface area contributed by atoms with E-state index < -0.39 is 14.9 Å². The molecule has 0 aliphatic carbocycles. The summed E-state index contributed by atoms with van der Waals surface area (Å²) >= 11 is 0. The van der Waals surface area contributed by atoms with E-state index >= 15 is 0 Å². The molecule has 0 saturated carbocycles. The van der Waals surface area contributed by atoms with Gasteiger partial charge in [-0.1, -0.05) is 0 Å². The van der Waals surface area contributed by atoms with Crippen LogP contribution in [0.4, 0.5) is 0 Å². The van der Waals surface area contributed by atoms with Crippen molar-refractivity contribution in [1.29, 1.82) is 0 Å². The molecule has 0 unspecified atom stereocenters. The van der Waals surface area contributed by atoms with Gasteiger partial charge in [0, 0.05) is 14.2 Å². The molecule has 0 atom stereocenters. The Balaban J connectivity index is 4.80. The lowest BCUT2D eigenvalue weighted by Gasteiger charge is -2.17. The Kier molecular flexibility index (Phi) is 4.81. The van der Waals surface area contributed by atoms with Crippen molar-refractivity contribution in [3.8, 4) is 0 Å². The maximum atomic E-state index is 11.5. The summed E-state index contributed by atoms with van der Waals surface area (Å²) in [5.41, 5.74) is 0. The predicted octanol–water partition coefficient (Wildman–Crippen LogP) is 1.43. The van der Waals surface area contributed by atoms with Gasteiger partial charge in [-0.25, -0.2) is 4.57 Å². The van der Waals surface area contributed by atoms with Gasteiger partial charge in [0.05, 0.1) is 14.2 Å². The zero-order valence-corrected chi connectivity index (χ0v) is 9.17. The van der Waals surface area contributed by atoms with Gasteiger partial charge in [0.2, 0.25) is 0 Å². The average Bonchev–Trinajstić information content (AvgIpc) is 2.15. The lowest BCUT2D eigenvalue weighted by molar-refractivity contribution is 0.223. The van der Waals surface area contributed by atoms with Crippen LogP contribution in [0.1, 0.15) is 0 Å². The highest BCUT2D eigenvalue weighted by atomic mass is 32.1. The SMILES string of the molecule is COP(=O)(OC)[P+](O)(OC)OC. The number of rotatable bonds is 5. The molecule has 0 aromatic rings. The van der Waals surface area contributed by atoms with Gasteiger partial charge in [-0.2, -0.15) is 13.9 Å². The number of hydrogen-bond acceptors (Lipinski definition) is 6. The first-order valence-corrected chi connectivity index (χ1v) is 6.77. The molecule has 1 N–H and O–H groups in total. The second-order valence-corrected chi connectivity index (χ2v) is 8.05. The van der Waals surface area contributed by atoms with Crippen molar-refractivity contribution in [1.82, 2.24) is 0 Å². The monoisotopic (exact) mass is 219 g/mol. The highest BCUT2D eigenvalue weighted by molar-refractivity contribution is 8.31. The van der Waals surface area contributed by atoms with Crippen molar-refractivity contribution < 1.29 is 27.6 Å². The molecule has 0 saturated heterocycles. The molecule has 0 radical (unpaired) electrons. The standard InChI is InChI=1S/C4H13O6P2/c1-7-11(5,8-2)12(6,9-3)10-4/h5H,1-4H3/q+1. The largest absolute Gasteiger partial charge is 0.560 e. The first-order chi connectivity index (χ1) is 5.49. The van der Waals surface area contributed by atoms with Crippen LogP contribution >= 0.6 is 14.9 Å². The topological polar surface area (TPSA) is 74.2 Å². The van der Waals surface area contributed by atoms with Crippen LogP contribution in [0.3, 0.4) is 0 Å². The van der Waals surface area contributed by atoms with Gasteiger partial charge >= 0.3 is 14.9 Å². The minimum Gasteiger partial charge on any atom is -0.277 e. The van der Waals surface area contributed by atoms with E-state index in [9.17, 15) is 9.46 Å². The van der Waals surface area contributed by atoms with Gasteiger partial charge in [0.15, 0.2) is 0 Å². The molecule has 0 fully saturated rings. The zero-order valence-electron chi connectivity index (χ0n) is 7.38. The molecule has 0 aromatic carbocycles. The molecular weight excluding hydrogens is 206 g/mol. The van der Waals surface area contributed by atoms with Crippen LogP contribution in [0.25, 0.3) is 0 Å². The van der Waals surface area contributed by atoms with Gasteiger partial charge in [-0.3, -0.25) is 9.05 Å². The quantitative estimate of drug-likeness (QED) is 0.705. The first kappa shape index (κ1) is 12.5. The lowest BCUT2D eigenvalue weighted by Crippen LogP contribution is -2.01. The van der Waals surface area contributed by atoms with Gasteiger partial charge < -0.3 is 0 Å². The van der Waals surface area contributed by atoms with E-state index in [-0.39, 0.29) is 0 Å². The summed E-state index contributed by atoms with van der Waals surface area (Å²) in [4.78, 5) is 9.50. The fourth-order valence-electron chi connectivity index (χ4n) is 0.555. The third kappa shape index (κ3) is 2.03. The fourth-order valence-corrected chi connectivity index (χ4v) is 4.10. The molecule has 0 aliphatic rings. The van der Waals surface area contributed by atoms with E-state index in [4.69, 9.17) is 0 Å². The van der Waals surface area contributed by atoms with Gasteiger partial charge in [-0.15, -0.1) is 0 Å². The highest BCUT2D eigenvalue weighted by Crippen LogP contribution is 2.88. The molecule has 0 spiro atoms. The Hall–Kier alpha value is 0.460. The van der Waals surface area contributed by atoms with E-state index in [1.165, 1.54) is 14.2 Å². The second-order valence-electron chi connectivity index (χ2n) is 1.69. The Bertz CT molecular complexity index is 170. The van der Waals surface area contributed by atoms with E-state index in [0.717, 1.165) is 14.2 Å². The van der Waals surface area contributed by atoms with Crippen molar-refractivity contribution in [2.24, 2.45) is 0 Å². The van der Waals surface area contributed by atoms with Crippen LogP contribution in [-0.4, -0.2) is 33.3 Å². The summed E-state index contributed by atoms with van der Waals surface area (Å²) in [6.45, 7) is 0. The lowest BCUT2D eigenvalue weighted by atomic mass is 11.8. The smallest absolute Gasteiger partial charge is 0.277 e. The molecule has 0 aliphatic heterocycles. The Morgan fingerprint density at radius 3 is 1.50 bits per heavy atom. The Labute approximate surface area is 71.8 Å².